The zero-order chi connectivity index (χ0) is 17.3. The lowest BCUT2D eigenvalue weighted by Gasteiger charge is -2.20. The van der Waals surface area contributed by atoms with E-state index in [1.54, 1.807) is 18.2 Å². The van der Waals surface area contributed by atoms with Gasteiger partial charge in [-0.05, 0) is 40.7 Å². The molecule has 1 aliphatic rings. The van der Waals surface area contributed by atoms with Crippen molar-refractivity contribution in [2.75, 3.05) is 6.79 Å². The monoisotopic (exact) mass is 326 g/mol. The fourth-order valence-electron chi connectivity index (χ4n) is 2.85. The Balaban J connectivity index is 1.83. The molecule has 1 heterocycles. The molecule has 3 rings (SSSR count). The Kier molecular flexibility index (Phi) is 4.22. The van der Waals surface area contributed by atoms with Crippen LogP contribution >= 0.6 is 0 Å². The SMILES string of the molecule is CC(C)(C)c1ccc(CC(C(=O)O)c2ccc3c(c2)OCO3)cc1. The molecular weight excluding hydrogens is 304 g/mol. The number of rotatable bonds is 4. The summed E-state index contributed by atoms with van der Waals surface area (Å²) in [6, 6.07) is 13.5. The highest BCUT2D eigenvalue weighted by atomic mass is 16.7. The van der Waals surface area contributed by atoms with Crippen LogP contribution in [-0.4, -0.2) is 17.9 Å². The molecule has 2 aromatic carbocycles. The molecular formula is C20H22O4. The fourth-order valence-corrected chi connectivity index (χ4v) is 2.85. The van der Waals surface area contributed by atoms with Crippen molar-refractivity contribution in [3.05, 3.63) is 59.2 Å². The van der Waals surface area contributed by atoms with Gasteiger partial charge in [0.25, 0.3) is 0 Å². The summed E-state index contributed by atoms with van der Waals surface area (Å²) >= 11 is 0. The van der Waals surface area contributed by atoms with Gasteiger partial charge in [-0.1, -0.05) is 51.1 Å². The Labute approximate surface area is 142 Å². The van der Waals surface area contributed by atoms with Crippen molar-refractivity contribution in [3.63, 3.8) is 0 Å². The number of aliphatic carboxylic acids is 1. The first-order valence-corrected chi connectivity index (χ1v) is 8.06. The third-order valence-electron chi connectivity index (χ3n) is 4.36. The van der Waals surface area contributed by atoms with E-state index in [0.29, 0.717) is 17.9 Å². The quantitative estimate of drug-likeness (QED) is 0.918. The van der Waals surface area contributed by atoms with Crippen LogP contribution in [-0.2, 0) is 16.6 Å². The molecule has 1 N–H and O–H groups in total. The largest absolute Gasteiger partial charge is 0.481 e. The van der Waals surface area contributed by atoms with Crippen LogP contribution in [0.4, 0.5) is 0 Å². The van der Waals surface area contributed by atoms with E-state index in [1.807, 2.05) is 12.1 Å². The lowest BCUT2D eigenvalue weighted by molar-refractivity contribution is -0.138. The van der Waals surface area contributed by atoms with Gasteiger partial charge in [0.1, 0.15) is 0 Å². The summed E-state index contributed by atoms with van der Waals surface area (Å²) < 4.78 is 10.6. The standard InChI is InChI=1S/C20H22O4/c1-20(2,3)15-7-4-13(5-8-15)10-16(19(21)22)14-6-9-17-18(11-14)24-12-23-17/h4-9,11,16H,10,12H2,1-3H3,(H,21,22). The molecule has 4 nitrogen and oxygen atoms in total. The Bertz CT molecular complexity index is 741. The number of fused-ring (bicyclic) bond motifs is 1. The minimum atomic E-state index is -0.839. The number of carboxylic acid groups (broad SMARTS) is 1. The van der Waals surface area contributed by atoms with E-state index in [4.69, 9.17) is 9.47 Å². The van der Waals surface area contributed by atoms with Gasteiger partial charge in [0.05, 0.1) is 5.92 Å². The molecule has 0 saturated carbocycles. The van der Waals surface area contributed by atoms with E-state index in [-0.39, 0.29) is 12.2 Å². The Morgan fingerprint density at radius 1 is 1.08 bits per heavy atom. The highest BCUT2D eigenvalue weighted by molar-refractivity contribution is 5.77. The summed E-state index contributed by atoms with van der Waals surface area (Å²) in [5, 5.41) is 9.65. The molecule has 126 valence electrons. The average molecular weight is 326 g/mol. The molecule has 0 aliphatic carbocycles. The van der Waals surface area contributed by atoms with E-state index in [9.17, 15) is 9.90 Å². The molecule has 0 saturated heterocycles. The lowest BCUT2D eigenvalue weighted by atomic mass is 9.85. The summed E-state index contributed by atoms with van der Waals surface area (Å²) in [6.45, 7) is 6.67. The van der Waals surface area contributed by atoms with Crippen LogP contribution in [0, 0.1) is 0 Å². The predicted octanol–water partition coefficient (Wildman–Crippen LogP) is 4.12. The fraction of sp³-hybridized carbons (Fsp3) is 0.350. The zero-order valence-electron chi connectivity index (χ0n) is 14.2. The average Bonchev–Trinajstić information content (AvgIpc) is 2.99. The number of hydrogen-bond donors (Lipinski definition) is 1. The van der Waals surface area contributed by atoms with Crippen molar-refractivity contribution < 1.29 is 19.4 Å². The molecule has 0 aromatic heterocycles. The molecule has 0 fully saturated rings. The summed E-state index contributed by atoms with van der Waals surface area (Å²) in [7, 11) is 0. The molecule has 1 aliphatic heterocycles. The van der Waals surface area contributed by atoms with E-state index in [2.05, 4.69) is 32.9 Å². The van der Waals surface area contributed by atoms with Crippen LogP contribution in [0.25, 0.3) is 0 Å². The normalized spacial score (nSPS) is 14.5. The van der Waals surface area contributed by atoms with Crippen molar-refractivity contribution in [3.8, 4) is 11.5 Å². The van der Waals surface area contributed by atoms with Crippen LogP contribution < -0.4 is 9.47 Å². The molecule has 2 aromatic rings. The van der Waals surface area contributed by atoms with Gasteiger partial charge in [0.15, 0.2) is 11.5 Å². The highest BCUT2D eigenvalue weighted by Gasteiger charge is 2.24. The van der Waals surface area contributed by atoms with Crippen LogP contribution in [0.1, 0.15) is 43.4 Å². The van der Waals surface area contributed by atoms with Crippen LogP contribution in [0.2, 0.25) is 0 Å². The minimum Gasteiger partial charge on any atom is -0.481 e. The van der Waals surface area contributed by atoms with Crippen LogP contribution in [0.5, 0.6) is 11.5 Å². The van der Waals surface area contributed by atoms with Gasteiger partial charge in [-0.25, -0.2) is 0 Å². The van der Waals surface area contributed by atoms with Crippen LogP contribution in [0.3, 0.4) is 0 Å². The molecule has 0 bridgehead atoms. The number of carbonyl (C=O) groups is 1. The third kappa shape index (κ3) is 3.37. The molecule has 1 atom stereocenters. The number of ether oxygens (including phenoxy) is 2. The summed E-state index contributed by atoms with van der Waals surface area (Å²) in [5.41, 5.74) is 3.06. The Morgan fingerprint density at radius 3 is 2.38 bits per heavy atom. The van der Waals surface area contributed by atoms with Gasteiger partial charge in [-0.3, -0.25) is 4.79 Å². The van der Waals surface area contributed by atoms with E-state index in [0.717, 1.165) is 11.1 Å². The lowest BCUT2D eigenvalue weighted by Crippen LogP contribution is -2.15. The van der Waals surface area contributed by atoms with Gasteiger partial charge in [0, 0.05) is 0 Å². The molecule has 4 heteroatoms. The van der Waals surface area contributed by atoms with Crippen molar-refractivity contribution >= 4 is 5.97 Å². The Morgan fingerprint density at radius 2 is 1.75 bits per heavy atom. The van der Waals surface area contributed by atoms with Crippen molar-refractivity contribution in [2.45, 2.75) is 38.5 Å². The van der Waals surface area contributed by atoms with E-state index < -0.39 is 11.9 Å². The molecule has 1 unspecified atom stereocenters. The van der Waals surface area contributed by atoms with E-state index >= 15 is 0 Å². The summed E-state index contributed by atoms with van der Waals surface area (Å²) in [4.78, 5) is 11.8. The zero-order valence-corrected chi connectivity index (χ0v) is 14.2. The van der Waals surface area contributed by atoms with Gasteiger partial charge in [-0.2, -0.15) is 0 Å². The Hall–Kier alpha value is -2.49. The summed E-state index contributed by atoms with van der Waals surface area (Å²) in [6.07, 6.45) is 0.444. The maximum atomic E-state index is 11.8. The molecule has 24 heavy (non-hydrogen) atoms. The number of benzene rings is 2. The maximum absolute atomic E-state index is 11.8. The maximum Gasteiger partial charge on any atom is 0.311 e. The van der Waals surface area contributed by atoms with Gasteiger partial charge in [0.2, 0.25) is 6.79 Å². The molecule has 0 amide bonds. The smallest absolute Gasteiger partial charge is 0.311 e. The molecule has 0 radical (unpaired) electrons. The molecule has 0 spiro atoms. The van der Waals surface area contributed by atoms with Crippen molar-refractivity contribution in [2.24, 2.45) is 0 Å². The second-order valence-corrected chi connectivity index (χ2v) is 7.15. The minimum absolute atomic E-state index is 0.0854. The number of carboxylic acids is 1. The first kappa shape index (κ1) is 16.4. The topological polar surface area (TPSA) is 55.8 Å². The first-order chi connectivity index (χ1) is 11.3. The van der Waals surface area contributed by atoms with Crippen molar-refractivity contribution in [1.29, 1.82) is 0 Å². The van der Waals surface area contributed by atoms with Gasteiger partial charge in [-0.15, -0.1) is 0 Å². The predicted molar refractivity (Wildman–Crippen MR) is 91.8 cm³/mol. The van der Waals surface area contributed by atoms with Crippen molar-refractivity contribution in [1.82, 2.24) is 0 Å². The van der Waals surface area contributed by atoms with Crippen LogP contribution in [0.15, 0.2) is 42.5 Å². The second-order valence-electron chi connectivity index (χ2n) is 7.15. The highest BCUT2D eigenvalue weighted by Crippen LogP contribution is 2.35. The van der Waals surface area contributed by atoms with E-state index in [1.165, 1.54) is 5.56 Å². The van der Waals surface area contributed by atoms with Gasteiger partial charge >= 0.3 is 5.97 Å². The summed E-state index contributed by atoms with van der Waals surface area (Å²) in [5.74, 6) is -0.173. The third-order valence-corrected chi connectivity index (χ3v) is 4.36. The second kappa shape index (κ2) is 6.19. The van der Waals surface area contributed by atoms with Gasteiger partial charge < -0.3 is 14.6 Å². The first-order valence-electron chi connectivity index (χ1n) is 8.06. The number of hydrogen-bond acceptors (Lipinski definition) is 3.